The maximum Gasteiger partial charge on any atom is 0.335 e. The highest BCUT2D eigenvalue weighted by atomic mass is 16.7. The molecule has 2 fully saturated rings. The zero-order chi connectivity index (χ0) is 32.5. The molecule has 4 rings (SSSR count). The molecule has 2 saturated heterocycles. The normalized spacial score (nSPS) is 29.8. The second-order valence-electron chi connectivity index (χ2n) is 12.0. The van der Waals surface area contributed by atoms with Crippen molar-refractivity contribution in [2.24, 2.45) is 17.8 Å². The predicted molar refractivity (Wildman–Crippen MR) is 155 cm³/mol. The molecule has 44 heavy (non-hydrogen) atoms. The molecule has 0 aromatic heterocycles. The Morgan fingerprint density at radius 2 is 1.86 bits per heavy atom. The number of rotatable bonds is 11. The first-order chi connectivity index (χ1) is 20.8. The number of hydrogen-bond donors (Lipinski definition) is 8. The second-order valence-corrected chi connectivity index (χ2v) is 12.0. The maximum absolute atomic E-state index is 12.3. The summed E-state index contributed by atoms with van der Waals surface area (Å²) in [6, 6.07) is 2.09. The van der Waals surface area contributed by atoms with E-state index in [0.717, 1.165) is 18.6 Å². The minimum absolute atomic E-state index is 0.0171. The molecule has 8 N–H and O–H groups in total. The van der Waals surface area contributed by atoms with Gasteiger partial charge in [-0.25, -0.2) is 4.79 Å². The number of carbonyl (C=O) groups is 2. The quantitative estimate of drug-likeness (QED) is 0.131. The maximum atomic E-state index is 12.3. The molecule has 0 saturated carbocycles. The number of hydrogen-bond acceptors (Lipinski definition) is 12. The molecule has 244 valence electrons. The SMILES string of the molecule is CC(=O)c1c(C)c(O)c2cc(C(=O)O)cc(O[C@H]3O[C@H](CO)[C@](O)(CC[C@@H](C)[C@@H]4CCOC[C@@H]4CCO)[C@H](O)[C@H]3O)c2c1O. The van der Waals surface area contributed by atoms with E-state index in [1.165, 1.54) is 13.8 Å². The first-order valence-corrected chi connectivity index (χ1v) is 14.7. The Morgan fingerprint density at radius 1 is 1.16 bits per heavy atom. The van der Waals surface area contributed by atoms with Gasteiger partial charge in [-0.1, -0.05) is 6.92 Å². The van der Waals surface area contributed by atoms with Gasteiger partial charge in [0.1, 0.15) is 41.2 Å². The number of phenolic OH excluding ortho intramolecular Hbond substituents is 2. The molecule has 2 aromatic carbocycles. The number of Topliss-reactive ketones (excluding diaryl/α,β-unsaturated/α-hetero) is 1. The zero-order valence-corrected chi connectivity index (χ0v) is 25.0. The van der Waals surface area contributed by atoms with Crippen molar-refractivity contribution in [1.82, 2.24) is 0 Å². The first-order valence-electron chi connectivity index (χ1n) is 14.7. The Kier molecular flexibility index (Phi) is 10.4. The van der Waals surface area contributed by atoms with Gasteiger partial charge < -0.3 is 55.1 Å². The lowest BCUT2D eigenvalue weighted by molar-refractivity contribution is -0.315. The number of benzene rings is 2. The Labute approximate surface area is 254 Å². The average Bonchev–Trinajstić information content (AvgIpc) is 2.99. The minimum atomic E-state index is -2.09. The van der Waals surface area contributed by atoms with Crippen LogP contribution >= 0.6 is 0 Å². The Bertz CT molecular complexity index is 1370. The van der Waals surface area contributed by atoms with Crippen molar-refractivity contribution in [3.63, 3.8) is 0 Å². The van der Waals surface area contributed by atoms with E-state index >= 15 is 0 Å². The number of aliphatic hydroxyl groups is 5. The fraction of sp³-hybridized carbons (Fsp3) is 0.613. The smallest absolute Gasteiger partial charge is 0.335 e. The van der Waals surface area contributed by atoms with Gasteiger partial charge in [0.05, 0.1) is 23.1 Å². The van der Waals surface area contributed by atoms with Crippen LogP contribution in [0.4, 0.5) is 0 Å². The lowest BCUT2D eigenvalue weighted by Crippen LogP contribution is -2.67. The van der Waals surface area contributed by atoms with Crippen molar-refractivity contribution in [3.05, 3.63) is 28.8 Å². The summed E-state index contributed by atoms with van der Waals surface area (Å²) in [6.07, 6.45) is -5.31. The molecule has 0 radical (unpaired) electrons. The molecule has 2 heterocycles. The third-order valence-electron chi connectivity index (χ3n) is 9.30. The number of phenols is 2. The second kappa shape index (κ2) is 13.5. The lowest BCUT2D eigenvalue weighted by Gasteiger charge is -2.48. The van der Waals surface area contributed by atoms with Gasteiger partial charge in [0.2, 0.25) is 6.29 Å². The predicted octanol–water partition coefficient (Wildman–Crippen LogP) is 1.46. The largest absolute Gasteiger partial charge is 0.507 e. The fourth-order valence-electron chi connectivity index (χ4n) is 6.74. The third-order valence-corrected chi connectivity index (χ3v) is 9.30. The Hall–Kier alpha value is -3.04. The molecular weight excluding hydrogens is 580 g/mol. The fourth-order valence-corrected chi connectivity index (χ4v) is 6.74. The number of fused-ring (bicyclic) bond motifs is 1. The van der Waals surface area contributed by atoms with Crippen molar-refractivity contribution in [3.8, 4) is 17.2 Å². The van der Waals surface area contributed by atoms with E-state index < -0.39 is 65.8 Å². The van der Waals surface area contributed by atoms with Crippen molar-refractivity contribution < 1.29 is 64.7 Å². The topological polar surface area (TPSA) is 224 Å². The van der Waals surface area contributed by atoms with Crippen molar-refractivity contribution >= 4 is 22.5 Å². The van der Waals surface area contributed by atoms with Crippen LogP contribution < -0.4 is 4.74 Å². The molecule has 0 spiro atoms. The van der Waals surface area contributed by atoms with Crippen molar-refractivity contribution in [2.45, 2.75) is 76.7 Å². The van der Waals surface area contributed by atoms with Crippen LogP contribution in [-0.4, -0.2) is 109 Å². The number of ether oxygens (including phenoxy) is 3. The molecule has 0 aliphatic carbocycles. The molecule has 2 aromatic rings. The molecule has 13 nitrogen and oxygen atoms in total. The molecule has 0 unspecified atom stereocenters. The summed E-state index contributed by atoms with van der Waals surface area (Å²) < 4.78 is 17.1. The van der Waals surface area contributed by atoms with Gasteiger partial charge in [-0.05, 0) is 69.4 Å². The van der Waals surface area contributed by atoms with Crippen LogP contribution in [0.3, 0.4) is 0 Å². The van der Waals surface area contributed by atoms with Gasteiger partial charge >= 0.3 is 5.97 Å². The van der Waals surface area contributed by atoms with E-state index in [1.54, 1.807) is 0 Å². The van der Waals surface area contributed by atoms with Gasteiger partial charge in [0.15, 0.2) is 5.78 Å². The van der Waals surface area contributed by atoms with E-state index in [0.29, 0.717) is 26.1 Å². The molecule has 8 atom stereocenters. The van der Waals surface area contributed by atoms with Crippen molar-refractivity contribution in [1.29, 1.82) is 0 Å². The van der Waals surface area contributed by atoms with Crippen LogP contribution in [0.2, 0.25) is 0 Å². The molecule has 0 bridgehead atoms. The summed E-state index contributed by atoms with van der Waals surface area (Å²) >= 11 is 0. The summed E-state index contributed by atoms with van der Waals surface area (Å²) in [6.45, 7) is 4.89. The summed E-state index contributed by atoms with van der Waals surface area (Å²) in [4.78, 5) is 24.2. The van der Waals surface area contributed by atoms with Crippen LogP contribution in [-0.2, 0) is 9.47 Å². The van der Waals surface area contributed by atoms with Gasteiger partial charge in [-0.2, -0.15) is 0 Å². The van der Waals surface area contributed by atoms with E-state index in [2.05, 4.69) is 0 Å². The minimum Gasteiger partial charge on any atom is -0.507 e. The van der Waals surface area contributed by atoms with E-state index in [1.807, 2.05) is 6.92 Å². The summed E-state index contributed by atoms with van der Waals surface area (Å²) in [5.74, 6) is -3.09. The summed E-state index contributed by atoms with van der Waals surface area (Å²) in [5.41, 5.74) is -2.66. The zero-order valence-electron chi connectivity index (χ0n) is 25.0. The van der Waals surface area contributed by atoms with Crippen LogP contribution in [0.15, 0.2) is 12.1 Å². The monoisotopic (exact) mass is 622 g/mol. The van der Waals surface area contributed by atoms with Crippen LogP contribution in [0.5, 0.6) is 17.2 Å². The highest BCUT2D eigenvalue weighted by Crippen LogP contribution is 2.46. The van der Waals surface area contributed by atoms with Crippen molar-refractivity contribution in [2.75, 3.05) is 26.4 Å². The van der Waals surface area contributed by atoms with E-state index in [9.17, 15) is 50.4 Å². The van der Waals surface area contributed by atoms with E-state index in [4.69, 9.17) is 14.2 Å². The van der Waals surface area contributed by atoms with E-state index in [-0.39, 0.29) is 58.2 Å². The number of aliphatic hydroxyl groups excluding tert-OH is 4. The third kappa shape index (κ3) is 6.23. The number of carboxylic acids is 1. The number of ketones is 1. The highest BCUT2D eigenvalue weighted by Gasteiger charge is 2.55. The molecule has 2 aliphatic rings. The summed E-state index contributed by atoms with van der Waals surface area (Å²) in [7, 11) is 0. The first kappa shape index (κ1) is 33.8. The van der Waals surface area contributed by atoms with Gasteiger partial charge in [-0.15, -0.1) is 0 Å². The summed E-state index contributed by atoms with van der Waals surface area (Å²) in [5, 5.41) is 84.6. The molecule has 13 heteroatoms. The number of carboxylic acid groups (broad SMARTS) is 1. The Morgan fingerprint density at radius 3 is 2.48 bits per heavy atom. The Balaban J connectivity index is 1.64. The van der Waals surface area contributed by atoms with Crippen LogP contribution in [0, 0.1) is 24.7 Å². The van der Waals surface area contributed by atoms with Crippen LogP contribution in [0.1, 0.15) is 65.8 Å². The molecule has 2 aliphatic heterocycles. The average molecular weight is 623 g/mol. The van der Waals surface area contributed by atoms with Crippen LogP contribution in [0.25, 0.3) is 10.8 Å². The van der Waals surface area contributed by atoms with Gasteiger partial charge in [0, 0.05) is 30.8 Å². The number of carbonyl (C=O) groups excluding carboxylic acids is 1. The van der Waals surface area contributed by atoms with Gasteiger partial charge in [0.25, 0.3) is 0 Å². The standard InChI is InChI=1S/C31H42O13/c1-14(19-6-9-42-13-17(19)5-8-32)4-7-31(41)22(12-33)44-30(27(37)28(31)38)43-21-11-18(29(39)40)10-20-24(21)26(36)23(16(3)34)15(2)25(20)35/h10-11,14,17,19,22,27-28,30,32-33,35-38,41H,4-9,12-13H2,1-3H3,(H,39,40)/t14-,17+,19+,22-,27-,28-,30+,31-/m1/s1. The highest BCUT2D eigenvalue weighted by molar-refractivity contribution is 6.11. The number of aromatic carboxylic acids is 1. The number of aromatic hydroxyl groups is 2. The molecule has 0 amide bonds. The lowest BCUT2D eigenvalue weighted by atomic mass is 9.73. The van der Waals surface area contributed by atoms with Gasteiger partial charge in [-0.3, -0.25) is 4.79 Å². The molecular formula is C31H42O13.